The van der Waals surface area contributed by atoms with Crippen molar-refractivity contribution in [3.63, 3.8) is 0 Å². The van der Waals surface area contributed by atoms with Crippen LogP contribution >= 0.6 is 0 Å². The van der Waals surface area contributed by atoms with Gasteiger partial charge < -0.3 is 20.1 Å². The molecule has 0 aliphatic heterocycles. The molecule has 0 unspecified atom stereocenters. The van der Waals surface area contributed by atoms with E-state index in [4.69, 9.17) is 0 Å². The largest absolute Gasteiger partial charge is 0.361 e. The lowest BCUT2D eigenvalue weighted by Crippen LogP contribution is -2.52. The third-order valence-electron chi connectivity index (χ3n) is 6.21. The van der Waals surface area contributed by atoms with Crippen molar-refractivity contribution in [3.05, 3.63) is 71.4 Å². The van der Waals surface area contributed by atoms with Crippen molar-refractivity contribution in [1.29, 1.82) is 0 Å². The molecule has 3 amide bonds. The zero-order valence-corrected chi connectivity index (χ0v) is 20.7. The van der Waals surface area contributed by atoms with Gasteiger partial charge in [0, 0.05) is 41.8 Å². The summed E-state index contributed by atoms with van der Waals surface area (Å²) in [7, 11) is 0. The summed E-state index contributed by atoms with van der Waals surface area (Å²) >= 11 is 0. The molecule has 0 saturated heterocycles. The van der Waals surface area contributed by atoms with E-state index in [0.717, 1.165) is 30.3 Å². The topological polar surface area (TPSA) is 68.4 Å². The summed E-state index contributed by atoms with van der Waals surface area (Å²) in [5.74, 6) is -0.0172. The quantitative estimate of drug-likeness (QED) is 0.496. The minimum absolute atomic E-state index is 0.0172. The van der Waals surface area contributed by atoms with Crippen LogP contribution in [0.1, 0.15) is 50.3 Å². The Labute approximate surface area is 202 Å². The van der Waals surface area contributed by atoms with Crippen LogP contribution in [-0.2, 0) is 17.8 Å². The third kappa shape index (κ3) is 6.19. The molecule has 180 valence electrons. The lowest BCUT2D eigenvalue weighted by molar-refractivity contribution is -0.132. The van der Waals surface area contributed by atoms with Crippen molar-refractivity contribution in [2.75, 3.05) is 13.1 Å². The molecular formula is C28H36N4O2. The van der Waals surface area contributed by atoms with Crippen molar-refractivity contribution in [3.8, 4) is 0 Å². The molecule has 1 heterocycles. The van der Waals surface area contributed by atoms with Gasteiger partial charge in [0.2, 0.25) is 5.91 Å². The summed E-state index contributed by atoms with van der Waals surface area (Å²) in [6, 6.07) is 16.5. The average Bonchev–Trinajstić information content (AvgIpc) is 3.54. The zero-order valence-electron chi connectivity index (χ0n) is 20.7. The molecule has 4 rings (SSSR count). The summed E-state index contributed by atoms with van der Waals surface area (Å²) < 4.78 is 0. The van der Waals surface area contributed by atoms with Crippen molar-refractivity contribution in [1.82, 2.24) is 20.1 Å². The number of hydrogen-bond acceptors (Lipinski definition) is 2. The molecule has 2 aromatic carbocycles. The summed E-state index contributed by atoms with van der Waals surface area (Å²) in [6.07, 6.45) is 4.70. The van der Waals surface area contributed by atoms with E-state index < -0.39 is 0 Å². The van der Waals surface area contributed by atoms with Gasteiger partial charge in [0.15, 0.2) is 0 Å². The van der Waals surface area contributed by atoms with Gasteiger partial charge in [-0.1, -0.05) is 48.0 Å². The molecular weight excluding hydrogens is 424 g/mol. The maximum Gasteiger partial charge on any atom is 0.318 e. The number of H-pyrrole nitrogens is 1. The predicted molar refractivity (Wildman–Crippen MR) is 137 cm³/mol. The van der Waals surface area contributed by atoms with Crippen LogP contribution in [0.2, 0.25) is 0 Å². The van der Waals surface area contributed by atoms with Crippen LogP contribution in [0.5, 0.6) is 0 Å². The fraction of sp³-hybridized carbons (Fsp3) is 0.429. The zero-order chi connectivity index (χ0) is 24.3. The van der Waals surface area contributed by atoms with Gasteiger partial charge >= 0.3 is 6.03 Å². The molecule has 1 fully saturated rings. The normalized spacial score (nSPS) is 13.6. The lowest BCUT2D eigenvalue weighted by Gasteiger charge is -2.30. The van der Waals surface area contributed by atoms with Gasteiger partial charge in [-0.15, -0.1) is 0 Å². The number of nitrogens with zero attached hydrogens (tertiary/aromatic N) is 2. The highest BCUT2D eigenvalue weighted by Crippen LogP contribution is 2.27. The van der Waals surface area contributed by atoms with Crippen molar-refractivity contribution in [2.24, 2.45) is 0 Å². The average molecular weight is 461 g/mol. The molecule has 1 saturated carbocycles. The molecule has 0 spiro atoms. The minimum Gasteiger partial charge on any atom is -0.361 e. The SMILES string of the molecule is Cc1ccc(CN(CCc2c[nH]c3ccccc23)C(=O)CN(C(=O)NC(C)(C)C)C2CC2)cc1. The second-order valence-electron chi connectivity index (χ2n) is 10.4. The molecule has 1 aromatic heterocycles. The Morgan fingerprint density at radius 1 is 1.06 bits per heavy atom. The van der Waals surface area contributed by atoms with E-state index in [1.165, 1.54) is 16.5 Å². The second kappa shape index (κ2) is 9.92. The number of hydrogen-bond donors (Lipinski definition) is 2. The minimum atomic E-state index is -0.343. The first kappa shape index (κ1) is 23.9. The van der Waals surface area contributed by atoms with E-state index in [1.807, 2.05) is 44.0 Å². The Hall–Kier alpha value is -3.28. The molecule has 0 atom stereocenters. The Balaban J connectivity index is 1.50. The molecule has 6 nitrogen and oxygen atoms in total. The number of carbonyl (C=O) groups is 2. The van der Waals surface area contributed by atoms with Crippen LogP contribution in [0.4, 0.5) is 4.79 Å². The lowest BCUT2D eigenvalue weighted by atomic mass is 10.1. The van der Waals surface area contributed by atoms with Gasteiger partial charge in [0.25, 0.3) is 0 Å². The highest BCUT2D eigenvalue weighted by Gasteiger charge is 2.36. The Bertz CT molecular complexity index is 1140. The van der Waals surface area contributed by atoms with Gasteiger partial charge in [-0.25, -0.2) is 4.79 Å². The highest BCUT2D eigenvalue weighted by atomic mass is 16.2. The maximum atomic E-state index is 13.5. The number of para-hydroxylation sites is 1. The summed E-state index contributed by atoms with van der Waals surface area (Å²) in [6.45, 7) is 9.17. The standard InChI is InChI=1S/C28H36N4O2/c1-20-9-11-21(12-10-20)18-31(16-15-22-17-29-25-8-6-5-7-24(22)25)26(33)19-32(23-13-14-23)27(34)30-28(2,3)4/h5-12,17,23,29H,13-16,18-19H2,1-4H3,(H,30,34). The van der Waals surface area contributed by atoms with E-state index >= 15 is 0 Å². The fourth-order valence-corrected chi connectivity index (χ4v) is 4.19. The number of carbonyl (C=O) groups excluding carboxylic acids is 2. The molecule has 3 aromatic rings. The van der Waals surface area contributed by atoms with Gasteiger partial charge in [-0.05, 0) is 64.2 Å². The van der Waals surface area contributed by atoms with Gasteiger partial charge in [-0.2, -0.15) is 0 Å². The molecule has 1 aliphatic rings. The summed E-state index contributed by atoms with van der Waals surface area (Å²) in [5.41, 5.74) is 4.24. The number of fused-ring (bicyclic) bond motifs is 1. The van der Waals surface area contributed by atoms with Crippen LogP contribution in [-0.4, -0.2) is 51.4 Å². The number of rotatable bonds is 8. The van der Waals surface area contributed by atoms with Gasteiger partial charge in [0.05, 0.1) is 0 Å². The number of aromatic amines is 1. The van der Waals surface area contributed by atoms with E-state index in [9.17, 15) is 9.59 Å². The number of amides is 3. The fourth-order valence-electron chi connectivity index (χ4n) is 4.19. The number of nitrogens with one attached hydrogen (secondary N) is 2. The molecule has 6 heteroatoms. The number of urea groups is 1. The van der Waals surface area contributed by atoms with Crippen LogP contribution in [0.15, 0.2) is 54.7 Å². The maximum absolute atomic E-state index is 13.5. The number of aromatic nitrogens is 1. The molecule has 0 radical (unpaired) electrons. The molecule has 34 heavy (non-hydrogen) atoms. The Morgan fingerprint density at radius 2 is 1.76 bits per heavy atom. The van der Waals surface area contributed by atoms with E-state index in [1.54, 1.807) is 4.90 Å². The second-order valence-corrected chi connectivity index (χ2v) is 10.4. The Morgan fingerprint density at radius 3 is 2.44 bits per heavy atom. The van der Waals surface area contributed by atoms with Crippen LogP contribution in [0.3, 0.4) is 0 Å². The van der Waals surface area contributed by atoms with E-state index in [-0.39, 0.29) is 30.1 Å². The first-order chi connectivity index (χ1) is 16.2. The third-order valence-corrected chi connectivity index (χ3v) is 6.21. The first-order valence-corrected chi connectivity index (χ1v) is 12.2. The Kier molecular flexibility index (Phi) is 6.96. The molecule has 1 aliphatic carbocycles. The van der Waals surface area contributed by atoms with Crippen LogP contribution in [0, 0.1) is 6.92 Å². The van der Waals surface area contributed by atoms with E-state index in [2.05, 4.69) is 53.6 Å². The van der Waals surface area contributed by atoms with Crippen molar-refractivity contribution in [2.45, 2.75) is 65.1 Å². The summed E-state index contributed by atoms with van der Waals surface area (Å²) in [5, 5.41) is 4.22. The van der Waals surface area contributed by atoms with E-state index in [0.29, 0.717) is 13.1 Å². The monoisotopic (exact) mass is 460 g/mol. The smallest absolute Gasteiger partial charge is 0.318 e. The van der Waals surface area contributed by atoms with Crippen molar-refractivity contribution >= 4 is 22.8 Å². The van der Waals surface area contributed by atoms with Crippen LogP contribution < -0.4 is 5.32 Å². The molecule has 0 bridgehead atoms. The molecule has 2 N–H and O–H groups in total. The highest BCUT2D eigenvalue weighted by molar-refractivity contribution is 5.85. The first-order valence-electron chi connectivity index (χ1n) is 12.2. The number of benzene rings is 2. The van der Waals surface area contributed by atoms with Gasteiger partial charge in [0.1, 0.15) is 6.54 Å². The number of aryl methyl sites for hydroxylation is 1. The van der Waals surface area contributed by atoms with Gasteiger partial charge in [-0.3, -0.25) is 4.79 Å². The summed E-state index contributed by atoms with van der Waals surface area (Å²) in [4.78, 5) is 33.4. The van der Waals surface area contributed by atoms with Crippen LogP contribution in [0.25, 0.3) is 10.9 Å². The van der Waals surface area contributed by atoms with Crippen molar-refractivity contribution < 1.29 is 9.59 Å². The predicted octanol–water partition coefficient (Wildman–Crippen LogP) is 5.02.